The molecule has 2 rings (SSSR count). The molecule has 1 aromatic rings. The summed E-state index contributed by atoms with van der Waals surface area (Å²) in [6.07, 6.45) is 2.20. The first-order chi connectivity index (χ1) is 8.97. The van der Waals surface area contributed by atoms with Gasteiger partial charge in [0.2, 0.25) is 0 Å². The van der Waals surface area contributed by atoms with E-state index in [1.807, 2.05) is 12.1 Å². The van der Waals surface area contributed by atoms with Crippen LogP contribution in [0.1, 0.15) is 39.2 Å². The molecular formula is C16H23ClFN. The number of nitrogens with one attached hydrogen (secondary N) is 1. The summed E-state index contributed by atoms with van der Waals surface area (Å²) in [5, 5.41) is 3.73. The highest BCUT2D eigenvalue weighted by atomic mass is 35.5. The van der Waals surface area contributed by atoms with Gasteiger partial charge in [-0.15, -0.1) is 0 Å². The SMILES string of the molecule is CC(C)CNCC1(c2cccc(Cl)c2F)CCC1C. The molecule has 1 aliphatic carbocycles. The van der Waals surface area contributed by atoms with E-state index in [2.05, 4.69) is 26.1 Å². The van der Waals surface area contributed by atoms with Gasteiger partial charge in [0.05, 0.1) is 5.02 Å². The molecule has 0 amide bonds. The molecule has 1 fully saturated rings. The second-order valence-electron chi connectivity index (χ2n) is 6.22. The lowest BCUT2D eigenvalue weighted by Crippen LogP contribution is -2.51. The fourth-order valence-electron chi connectivity index (χ4n) is 3.01. The number of benzene rings is 1. The molecule has 2 unspecified atom stereocenters. The molecule has 0 spiro atoms. The van der Waals surface area contributed by atoms with E-state index in [0.717, 1.165) is 31.5 Å². The average molecular weight is 284 g/mol. The van der Waals surface area contributed by atoms with Crippen LogP contribution in [-0.2, 0) is 5.41 Å². The Morgan fingerprint density at radius 1 is 1.47 bits per heavy atom. The summed E-state index contributed by atoms with van der Waals surface area (Å²) >= 11 is 5.94. The van der Waals surface area contributed by atoms with Crippen molar-refractivity contribution < 1.29 is 4.39 Å². The predicted octanol–water partition coefficient (Wildman–Crippen LogP) is 4.39. The van der Waals surface area contributed by atoms with Crippen molar-refractivity contribution in [3.8, 4) is 0 Å². The van der Waals surface area contributed by atoms with E-state index >= 15 is 0 Å². The molecule has 106 valence electrons. The Hall–Kier alpha value is -0.600. The summed E-state index contributed by atoms with van der Waals surface area (Å²) < 4.78 is 14.3. The summed E-state index contributed by atoms with van der Waals surface area (Å²) in [5.41, 5.74) is 0.708. The fraction of sp³-hybridized carbons (Fsp3) is 0.625. The van der Waals surface area contributed by atoms with Gasteiger partial charge in [-0.05, 0) is 42.9 Å². The van der Waals surface area contributed by atoms with Crippen molar-refractivity contribution in [3.63, 3.8) is 0 Å². The zero-order valence-corrected chi connectivity index (χ0v) is 12.7. The maximum absolute atomic E-state index is 14.3. The summed E-state index contributed by atoms with van der Waals surface area (Å²) in [6.45, 7) is 8.38. The molecule has 0 aliphatic heterocycles. The molecule has 1 nitrogen and oxygen atoms in total. The van der Waals surface area contributed by atoms with Crippen molar-refractivity contribution in [2.75, 3.05) is 13.1 Å². The van der Waals surface area contributed by atoms with Gasteiger partial charge in [0.15, 0.2) is 0 Å². The normalized spacial score (nSPS) is 26.5. The predicted molar refractivity (Wildman–Crippen MR) is 79.2 cm³/mol. The van der Waals surface area contributed by atoms with Crippen LogP contribution in [0.3, 0.4) is 0 Å². The lowest BCUT2D eigenvalue weighted by Gasteiger charge is -2.49. The topological polar surface area (TPSA) is 12.0 Å². The van der Waals surface area contributed by atoms with Gasteiger partial charge in [-0.3, -0.25) is 0 Å². The molecule has 1 N–H and O–H groups in total. The van der Waals surface area contributed by atoms with E-state index in [4.69, 9.17) is 11.6 Å². The van der Waals surface area contributed by atoms with E-state index in [0.29, 0.717) is 11.8 Å². The van der Waals surface area contributed by atoms with Crippen LogP contribution in [0.5, 0.6) is 0 Å². The van der Waals surface area contributed by atoms with Crippen molar-refractivity contribution in [2.24, 2.45) is 11.8 Å². The molecular weight excluding hydrogens is 261 g/mol. The number of halogens is 2. The minimum atomic E-state index is -0.234. The van der Waals surface area contributed by atoms with E-state index in [1.54, 1.807) is 6.07 Å². The maximum atomic E-state index is 14.3. The maximum Gasteiger partial charge on any atom is 0.145 e. The Morgan fingerprint density at radius 2 is 2.21 bits per heavy atom. The first kappa shape index (κ1) is 14.8. The molecule has 2 atom stereocenters. The molecule has 0 heterocycles. The first-order valence-corrected chi connectivity index (χ1v) is 7.50. The van der Waals surface area contributed by atoms with E-state index < -0.39 is 0 Å². The Kier molecular flexibility index (Phi) is 4.52. The van der Waals surface area contributed by atoms with Crippen LogP contribution in [0.2, 0.25) is 5.02 Å². The lowest BCUT2D eigenvalue weighted by molar-refractivity contribution is 0.128. The largest absolute Gasteiger partial charge is 0.316 e. The van der Waals surface area contributed by atoms with Crippen LogP contribution in [0.15, 0.2) is 18.2 Å². The average Bonchev–Trinajstić information content (AvgIpc) is 2.36. The van der Waals surface area contributed by atoms with Crippen molar-refractivity contribution in [2.45, 2.75) is 39.0 Å². The lowest BCUT2D eigenvalue weighted by atomic mass is 9.57. The Bertz CT molecular complexity index is 446. The second kappa shape index (κ2) is 5.80. The van der Waals surface area contributed by atoms with Crippen LogP contribution in [0, 0.1) is 17.7 Å². The minimum absolute atomic E-state index is 0.0795. The molecule has 1 aromatic carbocycles. The third-order valence-corrected chi connectivity index (χ3v) is 4.74. The van der Waals surface area contributed by atoms with Gasteiger partial charge < -0.3 is 5.32 Å². The zero-order valence-electron chi connectivity index (χ0n) is 12.0. The van der Waals surface area contributed by atoms with Gasteiger partial charge >= 0.3 is 0 Å². The van der Waals surface area contributed by atoms with Gasteiger partial charge in [-0.1, -0.05) is 44.5 Å². The molecule has 1 aliphatic rings. The summed E-state index contributed by atoms with van der Waals surface area (Å²) in [4.78, 5) is 0. The molecule has 0 bridgehead atoms. The number of rotatable bonds is 5. The summed E-state index contributed by atoms with van der Waals surface area (Å²) in [7, 11) is 0. The molecule has 0 radical (unpaired) electrons. The van der Waals surface area contributed by atoms with Gasteiger partial charge in [0, 0.05) is 12.0 Å². The smallest absolute Gasteiger partial charge is 0.145 e. The highest BCUT2D eigenvalue weighted by molar-refractivity contribution is 6.30. The van der Waals surface area contributed by atoms with Crippen LogP contribution >= 0.6 is 11.6 Å². The van der Waals surface area contributed by atoms with Crippen molar-refractivity contribution in [3.05, 3.63) is 34.6 Å². The molecule has 1 saturated carbocycles. The number of hydrogen-bond acceptors (Lipinski definition) is 1. The first-order valence-electron chi connectivity index (χ1n) is 7.12. The van der Waals surface area contributed by atoms with Crippen LogP contribution < -0.4 is 5.32 Å². The molecule has 0 aromatic heterocycles. The molecule has 3 heteroatoms. The standard InChI is InChI=1S/C16H23ClFN/c1-11(2)9-19-10-16(8-7-12(16)3)13-5-4-6-14(17)15(13)18/h4-6,11-12,19H,7-10H2,1-3H3. The van der Waals surface area contributed by atoms with Crippen molar-refractivity contribution >= 4 is 11.6 Å². The third-order valence-electron chi connectivity index (χ3n) is 4.45. The Morgan fingerprint density at radius 3 is 2.74 bits per heavy atom. The van der Waals surface area contributed by atoms with Gasteiger partial charge in [-0.2, -0.15) is 0 Å². The van der Waals surface area contributed by atoms with Crippen molar-refractivity contribution in [1.29, 1.82) is 0 Å². The fourth-order valence-corrected chi connectivity index (χ4v) is 3.19. The van der Waals surface area contributed by atoms with Gasteiger partial charge in [0.25, 0.3) is 0 Å². The Balaban J connectivity index is 2.22. The van der Waals surface area contributed by atoms with E-state index in [9.17, 15) is 4.39 Å². The van der Waals surface area contributed by atoms with E-state index in [1.165, 1.54) is 0 Å². The zero-order chi connectivity index (χ0) is 14.0. The van der Waals surface area contributed by atoms with Gasteiger partial charge in [0.1, 0.15) is 5.82 Å². The monoisotopic (exact) mass is 283 g/mol. The van der Waals surface area contributed by atoms with E-state index in [-0.39, 0.29) is 16.3 Å². The third kappa shape index (κ3) is 2.80. The summed E-state index contributed by atoms with van der Waals surface area (Å²) in [5.74, 6) is 0.874. The van der Waals surface area contributed by atoms with Crippen LogP contribution in [0.25, 0.3) is 0 Å². The highest BCUT2D eigenvalue weighted by Crippen LogP contribution is 2.49. The second-order valence-corrected chi connectivity index (χ2v) is 6.63. The van der Waals surface area contributed by atoms with Crippen LogP contribution in [-0.4, -0.2) is 13.1 Å². The Labute approximate surface area is 120 Å². The van der Waals surface area contributed by atoms with Gasteiger partial charge in [-0.25, -0.2) is 4.39 Å². The van der Waals surface area contributed by atoms with Crippen molar-refractivity contribution in [1.82, 2.24) is 5.32 Å². The minimum Gasteiger partial charge on any atom is -0.316 e. The molecule has 19 heavy (non-hydrogen) atoms. The highest BCUT2D eigenvalue weighted by Gasteiger charge is 2.46. The summed E-state index contributed by atoms with van der Waals surface area (Å²) in [6, 6.07) is 5.38. The quantitative estimate of drug-likeness (QED) is 0.845. The molecule has 0 saturated heterocycles. The number of hydrogen-bond donors (Lipinski definition) is 1. The van der Waals surface area contributed by atoms with Crippen LogP contribution in [0.4, 0.5) is 4.39 Å².